The fourth-order valence-corrected chi connectivity index (χ4v) is 6.70. The van der Waals surface area contributed by atoms with Crippen LogP contribution in [0.25, 0.3) is 0 Å². The number of hydrogen-bond donors (Lipinski definition) is 4. The maximum absolute atomic E-state index is 12.6. The molecule has 3 unspecified atom stereocenters. The zero-order valence-electron chi connectivity index (χ0n) is 36.5. The van der Waals surface area contributed by atoms with E-state index in [0.717, 1.165) is 53.6 Å². The molecule has 0 aromatic heterocycles. The number of ether oxygens (including phenoxy) is 2. The average Bonchev–Trinajstić information content (AvgIpc) is 3.23. The predicted molar refractivity (Wildman–Crippen MR) is 250 cm³/mol. The van der Waals surface area contributed by atoms with Crippen LogP contribution >= 0.6 is 53.8 Å². The van der Waals surface area contributed by atoms with Gasteiger partial charge in [0, 0.05) is 45.2 Å². The molecule has 0 fully saturated rings. The summed E-state index contributed by atoms with van der Waals surface area (Å²) in [5.74, 6) is -3.40. The highest BCUT2D eigenvalue weighted by atomic mass is 35.5. The van der Waals surface area contributed by atoms with Crippen molar-refractivity contribution in [2.45, 2.75) is 56.7 Å². The van der Waals surface area contributed by atoms with Gasteiger partial charge in [-0.3, -0.25) is 29.1 Å². The van der Waals surface area contributed by atoms with Crippen LogP contribution in [0.2, 0.25) is 5.02 Å². The van der Waals surface area contributed by atoms with E-state index in [2.05, 4.69) is 26.1 Å². The number of anilines is 1. The third-order valence-corrected chi connectivity index (χ3v) is 10.4. The number of aliphatic carboxylic acids is 1. The van der Waals surface area contributed by atoms with Crippen LogP contribution in [-0.4, -0.2) is 111 Å². The van der Waals surface area contributed by atoms with Gasteiger partial charge in [0.2, 0.25) is 5.91 Å². The molecule has 3 aromatic rings. The van der Waals surface area contributed by atoms with Crippen LogP contribution in [0, 0.1) is 17.0 Å². The average molecular weight is 1030 g/mol. The van der Waals surface area contributed by atoms with Crippen molar-refractivity contribution in [2.24, 2.45) is 5.73 Å². The van der Waals surface area contributed by atoms with E-state index >= 15 is 0 Å². The highest BCUT2D eigenvalue weighted by Gasteiger charge is 2.31. The zero-order valence-corrected chi connectivity index (χ0v) is 40.4. The number of nitro benzene ring substituents is 1. The minimum atomic E-state index is -4.58. The maximum Gasteiger partial charge on any atom is 0.416 e. The summed E-state index contributed by atoms with van der Waals surface area (Å²) in [5, 5.41) is 27.7. The number of aryl methyl sites for hydroxylation is 2. The van der Waals surface area contributed by atoms with Crippen LogP contribution < -0.4 is 15.4 Å². The Hall–Kier alpha value is -4.72. The highest BCUT2D eigenvalue weighted by molar-refractivity contribution is 7.57. The predicted octanol–water partition coefficient (Wildman–Crippen LogP) is 9.60. The molecule has 16 nitrogen and oxygen atoms in total. The van der Waals surface area contributed by atoms with Gasteiger partial charge in [0.15, 0.2) is 12.2 Å². The first kappa shape index (κ1) is 61.3. The van der Waals surface area contributed by atoms with E-state index in [1.807, 2.05) is 26.0 Å². The van der Waals surface area contributed by atoms with Gasteiger partial charge in [0.25, 0.3) is 11.6 Å². The molecular formula is C42H52Cl4F3N4O12P. The van der Waals surface area contributed by atoms with Gasteiger partial charge in [-0.2, -0.15) is 13.2 Å². The molecule has 0 saturated carbocycles. The number of benzene rings is 3. The monoisotopic (exact) mass is 1030 g/mol. The van der Waals surface area contributed by atoms with Crippen LogP contribution in [0.3, 0.4) is 0 Å². The number of nitrogens with two attached hydrogens (primary N) is 1. The van der Waals surface area contributed by atoms with E-state index in [4.69, 9.17) is 76.7 Å². The van der Waals surface area contributed by atoms with Gasteiger partial charge in [-0.15, -0.1) is 24.8 Å². The SMILES string of the molecule is C=CCN(CC=C)C(=O)C(Cl)Cl.CCc1cccc(C)c1N(C(=O)CCl)C(C)COC.CP(=O)(O)CCC(N)C(=O)O.O=C(O)c1cc(Oc2ccc(C(F)(F)F)cc2Cl)ccc1[N+](=O)[O-]. The number of para-hydroxylation sites is 1. The van der Waals surface area contributed by atoms with Crippen LogP contribution in [-0.2, 0) is 36.3 Å². The van der Waals surface area contributed by atoms with Crippen molar-refractivity contribution in [3.05, 3.63) is 117 Å². The second-order valence-electron chi connectivity index (χ2n) is 13.8. The molecule has 0 heterocycles. The van der Waals surface area contributed by atoms with Gasteiger partial charge in [-0.1, -0.05) is 72.1 Å². The fraction of sp³-hybridized carbons (Fsp3) is 0.381. The van der Waals surface area contributed by atoms with Crippen LogP contribution in [0.4, 0.5) is 24.5 Å². The van der Waals surface area contributed by atoms with Crippen molar-refractivity contribution < 1.29 is 66.4 Å². The molecule has 0 saturated heterocycles. The number of nitrogens with zero attached hydrogens (tertiary/aromatic N) is 3. The van der Waals surface area contributed by atoms with Gasteiger partial charge in [-0.05, 0) is 62.1 Å². The molecule has 5 N–H and O–H groups in total. The molecule has 0 bridgehead atoms. The third-order valence-electron chi connectivity index (χ3n) is 8.43. The number of carboxylic acids is 2. The number of halogens is 7. The Labute approximate surface area is 400 Å². The number of methoxy groups -OCH3 is 1. The number of alkyl halides is 6. The molecule has 0 aliphatic heterocycles. The first-order valence-corrected chi connectivity index (χ1v) is 23.3. The minimum Gasteiger partial charge on any atom is -0.480 e. The number of rotatable bonds is 19. The quantitative estimate of drug-likeness (QED) is 0.0288. The summed E-state index contributed by atoms with van der Waals surface area (Å²) < 4.78 is 58.7. The first-order valence-electron chi connectivity index (χ1n) is 19.2. The number of carbonyl (C=O) groups is 4. The van der Waals surface area contributed by atoms with E-state index in [0.29, 0.717) is 25.8 Å². The Morgan fingerprint density at radius 2 is 1.64 bits per heavy atom. The van der Waals surface area contributed by atoms with Crippen LogP contribution in [0.5, 0.6) is 11.5 Å². The second-order valence-corrected chi connectivity index (χ2v) is 18.1. The molecule has 0 radical (unpaired) electrons. The lowest BCUT2D eigenvalue weighted by molar-refractivity contribution is -0.385. The van der Waals surface area contributed by atoms with Crippen molar-refractivity contribution in [1.82, 2.24) is 4.90 Å². The molecule has 24 heteroatoms. The summed E-state index contributed by atoms with van der Waals surface area (Å²) in [5.41, 5.74) is 6.06. The summed E-state index contributed by atoms with van der Waals surface area (Å²) in [4.78, 5) is 65.4. The molecule has 366 valence electrons. The van der Waals surface area contributed by atoms with Gasteiger partial charge in [-0.25, -0.2) is 4.79 Å². The Morgan fingerprint density at radius 3 is 2.06 bits per heavy atom. The van der Waals surface area contributed by atoms with E-state index in [-0.39, 0.29) is 52.8 Å². The summed E-state index contributed by atoms with van der Waals surface area (Å²) in [6.45, 7) is 15.6. The highest BCUT2D eigenvalue weighted by Crippen LogP contribution is 2.38. The molecule has 0 aliphatic rings. The second kappa shape index (κ2) is 29.8. The van der Waals surface area contributed by atoms with Gasteiger partial charge < -0.3 is 40.1 Å². The number of aromatic carboxylic acids is 1. The normalized spacial score (nSPS) is 12.5. The lowest BCUT2D eigenvalue weighted by Gasteiger charge is -2.31. The topological polar surface area (TPSA) is 240 Å². The summed E-state index contributed by atoms with van der Waals surface area (Å²) >= 11 is 22.3. The summed E-state index contributed by atoms with van der Waals surface area (Å²) in [6.07, 6.45) is -0.482. The minimum absolute atomic E-state index is 0.0223. The van der Waals surface area contributed by atoms with Gasteiger partial charge in [0.1, 0.15) is 29.0 Å². The van der Waals surface area contributed by atoms with E-state index in [1.54, 1.807) is 24.2 Å². The Morgan fingerprint density at radius 1 is 1.05 bits per heavy atom. The van der Waals surface area contributed by atoms with Crippen LogP contribution in [0.15, 0.2) is 79.9 Å². The summed E-state index contributed by atoms with van der Waals surface area (Å²) in [7, 11) is -1.47. The van der Waals surface area contributed by atoms with Crippen molar-refractivity contribution in [1.29, 1.82) is 0 Å². The molecule has 2 amide bonds. The smallest absolute Gasteiger partial charge is 0.416 e. The number of amides is 2. The van der Waals surface area contributed by atoms with E-state index in [9.17, 15) is 47.0 Å². The third kappa shape index (κ3) is 21.7. The van der Waals surface area contributed by atoms with E-state index < -0.39 is 58.1 Å². The Kier molecular flexibility index (Phi) is 27.7. The number of nitro groups is 1. The maximum atomic E-state index is 12.6. The lowest BCUT2D eigenvalue weighted by atomic mass is 10.0. The van der Waals surface area contributed by atoms with Gasteiger partial charge >= 0.3 is 18.1 Å². The molecule has 3 rings (SSSR count). The van der Waals surface area contributed by atoms with Crippen molar-refractivity contribution in [3.8, 4) is 11.5 Å². The molecule has 66 heavy (non-hydrogen) atoms. The molecular weight excluding hydrogens is 982 g/mol. The van der Waals surface area contributed by atoms with Crippen LogP contribution in [0.1, 0.15) is 47.3 Å². The summed E-state index contributed by atoms with van der Waals surface area (Å²) in [6, 6.07) is 10.3. The van der Waals surface area contributed by atoms with E-state index in [1.165, 1.54) is 11.6 Å². The van der Waals surface area contributed by atoms with Crippen molar-refractivity contribution >= 4 is 88.9 Å². The molecule has 3 atom stereocenters. The first-order chi connectivity index (χ1) is 30.6. The number of hydrogen-bond acceptors (Lipinski definition) is 10. The van der Waals surface area contributed by atoms with Crippen molar-refractivity contribution in [2.75, 3.05) is 50.4 Å². The molecule has 0 aliphatic carbocycles. The number of carbonyl (C=O) groups excluding carboxylic acids is 2. The number of carboxylic acid groups (broad SMARTS) is 2. The zero-order chi connectivity index (χ0) is 51.1. The van der Waals surface area contributed by atoms with Gasteiger partial charge in [0.05, 0.1) is 33.8 Å². The van der Waals surface area contributed by atoms with Crippen molar-refractivity contribution in [3.63, 3.8) is 0 Å². The largest absolute Gasteiger partial charge is 0.480 e. The Bertz CT molecular complexity index is 2170. The Balaban J connectivity index is 0.000000900. The molecule has 3 aromatic carbocycles. The fourth-order valence-electron chi connectivity index (χ4n) is 5.32. The standard InChI is InChI=1S/C15H22ClNO2.C14H7ClF3NO5.C8H11Cl2NO.C5H12NO4P/c1-5-13-8-6-7-11(2)15(13)17(14(18)9-16)12(3)10-19-4;15-10-5-7(14(16,17)18)1-4-12(10)24-8-2-3-11(19(22)23)9(6-8)13(20)21;1-3-5-11(6-4-2)8(12)7(9)10;1-11(9,10)3-2-4(6)5(7)8/h6-8,12H,5,9-10H2,1-4H3;1-6H,(H,20,21);3-4,7H,1-2,5-6H2;4H,2-3,6H2,1H3,(H,7,8)(H,9,10). The lowest BCUT2D eigenvalue weighted by Crippen LogP contribution is -2.43. The molecule has 0 spiro atoms.